The smallest absolute Gasteiger partial charge is 0.325 e. The molecule has 0 aliphatic carbocycles. The summed E-state index contributed by atoms with van der Waals surface area (Å²) in [6.07, 6.45) is -0.362. The molecule has 2 heterocycles. The zero-order valence-electron chi connectivity index (χ0n) is 16.2. The molecule has 0 radical (unpaired) electrons. The van der Waals surface area contributed by atoms with Crippen molar-refractivity contribution < 1.29 is 23.9 Å². The zero-order chi connectivity index (χ0) is 21.3. The van der Waals surface area contributed by atoms with Gasteiger partial charge in [0.2, 0.25) is 5.91 Å². The van der Waals surface area contributed by atoms with Gasteiger partial charge in [-0.2, -0.15) is 0 Å². The van der Waals surface area contributed by atoms with E-state index >= 15 is 0 Å². The van der Waals surface area contributed by atoms with Crippen LogP contribution < -0.4 is 20.1 Å². The van der Waals surface area contributed by atoms with E-state index < -0.39 is 23.4 Å². The van der Waals surface area contributed by atoms with Gasteiger partial charge >= 0.3 is 6.03 Å². The van der Waals surface area contributed by atoms with Crippen LogP contribution in [0, 0.1) is 0 Å². The first-order valence-electron chi connectivity index (χ1n) is 9.42. The van der Waals surface area contributed by atoms with Gasteiger partial charge in [0.05, 0.1) is 6.54 Å². The van der Waals surface area contributed by atoms with Crippen LogP contribution >= 0.6 is 15.9 Å². The van der Waals surface area contributed by atoms with Gasteiger partial charge in [0.25, 0.3) is 5.91 Å². The Hall–Kier alpha value is -3.07. The van der Waals surface area contributed by atoms with Gasteiger partial charge in [-0.25, -0.2) is 4.79 Å². The van der Waals surface area contributed by atoms with Crippen LogP contribution in [0.3, 0.4) is 0 Å². The molecule has 2 aliphatic rings. The van der Waals surface area contributed by atoms with Crippen LogP contribution in [-0.2, 0) is 15.1 Å². The largest absolute Gasteiger partial charge is 0.486 e. The fraction of sp³-hybridized carbons (Fsp3) is 0.286. The van der Waals surface area contributed by atoms with Crippen LogP contribution in [-0.4, -0.2) is 48.5 Å². The van der Waals surface area contributed by atoms with Gasteiger partial charge in [-0.05, 0) is 36.8 Å². The van der Waals surface area contributed by atoms with Gasteiger partial charge in [0, 0.05) is 4.47 Å². The molecule has 2 atom stereocenters. The normalized spacial score (nSPS) is 22.6. The minimum atomic E-state index is -1.23. The number of fused-ring (bicyclic) bond motifs is 1. The summed E-state index contributed by atoms with van der Waals surface area (Å²) in [7, 11) is 0. The number of carbonyl (C=O) groups is 3. The summed E-state index contributed by atoms with van der Waals surface area (Å²) in [5.74, 6) is 0.333. The van der Waals surface area contributed by atoms with Gasteiger partial charge in [0.15, 0.2) is 11.5 Å². The summed E-state index contributed by atoms with van der Waals surface area (Å²) in [5, 5.41) is 5.39. The molecule has 2 aromatic carbocycles. The number of halogens is 1. The molecule has 0 bridgehead atoms. The molecular weight excluding hydrogens is 454 g/mol. The van der Waals surface area contributed by atoms with Gasteiger partial charge in [-0.15, -0.1) is 0 Å². The lowest BCUT2D eigenvalue weighted by molar-refractivity contribution is -0.134. The number of nitrogens with one attached hydrogen (secondary N) is 2. The Morgan fingerprint density at radius 1 is 1.23 bits per heavy atom. The van der Waals surface area contributed by atoms with Crippen molar-refractivity contribution in [1.29, 1.82) is 0 Å². The minimum absolute atomic E-state index is 0.194. The molecular formula is C21H20BrN3O5. The second-order valence-electron chi connectivity index (χ2n) is 7.26. The van der Waals surface area contributed by atoms with Crippen molar-refractivity contribution in [3.05, 3.63) is 58.6 Å². The lowest BCUT2D eigenvalue weighted by atomic mass is 9.92. The van der Waals surface area contributed by atoms with E-state index in [2.05, 4.69) is 26.6 Å². The lowest BCUT2D eigenvalue weighted by Gasteiger charge is -2.26. The standard InChI is InChI=1S/C21H20BrN3O5/c1-21(13-5-4-6-14(22)9-13)19(27)25(20(28)24-21)11-18(26)23-10-15-12-29-16-7-2-3-8-17(16)30-15/h2-9,15H,10-12H2,1H3,(H,23,26)(H,24,28)/t15-,21-/m0/s1. The first-order valence-corrected chi connectivity index (χ1v) is 10.2. The van der Waals surface area contributed by atoms with E-state index in [0.29, 0.717) is 23.7 Å². The summed E-state index contributed by atoms with van der Waals surface area (Å²) >= 11 is 3.37. The summed E-state index contributed by atoms with van der Waals surface area (Å²) < 4.78 is 12.2. The Labute approximate surface area is 181 Å². The number of amides is 4. The Morgan fingerprint density at radius 3 is 2.77 bits per heavy atom. The van der Waals surface area contributed by atoms with E-state index in [1.54, 1.807) is 31.2 Å². The molecule has 30 heavy (non-hydrogen) atoms. The highest BCUT2D eigenvalue weighted by atomic mass is 79.9. The number of ether oxygens (including phenoxy) is 2. The van der Waals surface area contributed by atoms with Crippen molar-refractivity contribution in [3.8, 4) is 11.5 Å². The third kappa shape index (κ3) is 3.85. The van der Waals surface area contributed by atoms with Crippen LogP contribution in [0.1, 0.15) is 12.5 Å². The molecule has 0 saturated carbocycles. The Kier molecular flexibility index (Phi) is 5.38. The zero-order valence-corrected chi connectivity index (χ0v) is 17.8. The van der Waals surface area contributed by atoms with Crippen molar-refractivity contribution in [2.24, 2.45) is 0 Å². The highest BCUT2D eigenvalue weighted by Crippen LogP contribution is 2.31. The maximum Gasteiger partial charge on any atom is 0.325 e. The third-order valence-electron chi connectivity index (χ3n) is 5.07. The highest BCUT2D eigenvalue weighted by molar-refractivity contribution is 9.10. The van der Waals surface area contributed by atoms with E-state index in [1.807, 2.05) is 24.3 Å². The molecule has 0 spiro atoms. The number of para-hydroxylation sites is 2. The molecule has 4 rings (SSSR count). The molecule has 0 aromatic heterocycles. The van der Waals surface area contributed by atoms with Gasteiger partial charge in [-0.1, -0.05) is 40.2 Å². The second kappa shape index (κ2) is 7.98. The van der Waals surface area contributed by atoms with Crippen LogP contribution in [0.2, 0.25) is 0 Å². The topological polar surface area (TPSA) is 97.0 Å². The monoisotopic (exact) mass is 473 g/mol. The SMILES string of the molecule is C[C@@]1(c2cccc(Br)c2)NC(=O)N(CC(=O)NC[C@H]2COc3ccccc3O2)C1=O. The van der Waals surface area contributed by atoms with E-state index in [1.165, 1.54) is 0 Å². The molecule has 2 aliphatic heterocycles. The number of carbonyl (C=O) groups excluding carboxylic acids is 3. The van der Waals surface area contributed by atoms with Crippen LogP contribution in [0.5, 0.6) is 11.5 Å². The Morgan fingerprint density at radius 2 is 2.00 bits per heavy atom. The quantitative estimate of drug-likeness (QED) is 0.648. The second-order valence-corrected chi connectivity index (χ2v) is 8.17. The van der Waals surface area contributed by atoms with Crippen molar-refractivity contribution >= 4 is 33.8 Å². The molecule has 1 fully saturated rings. The average molecular weight is 474 g/mol. The molecule has 0 unspecified atom stereocenters. The van der Waals surface area contributed by atoms with E-state index in [-0.39, 0.29) is 19.2 Å². The molecule has 9 heteroatoms. The summed E-state index contributed by atoms with van der Waals surface area (Å²) in [6.45, 7) is 1.73. The molecule has 2 N–H and O–H groups in total. The van der Waals surface area contributed by atoms with Crippen molar-refractivity contribution in [1.82, 2.24) is 15.5 Å². The number of imide groups is 1. The summed E-state index contributed by atoms with van der Waals surface area (Å²) in [5.41, 5.74) is -0.602. The van der Waals surface area contributed by atoms with E-state index in [4.69, 9.17) is 9.47 Å². The fourth-order valence-electron chi connectivity index (χ4n) is 3.43. The molecule has 1 saturated heterocycles. The lowest BCUT2D eigenvalue weighted by Crippen LogP contribution is -2.46. The van der Waals surface area contributed by atoms with Gasteiger partial charge in [-0.3, -0.25) is 14.5 Å². The molecule has 4 amide bonds. The predicted molar refractivity (Wildman–Crippen MR) is 111 cm³/mol. The number of nitrogens with zero attached hydrogens (tertiary/aromatic N) is 1. The highest BCUT2D eigenvalue weighted by Gasteiger charge is 2.49. The Balaban J connectivity index is 1.36. The third-order valence-corrected chi connectivity index (χ3v) is 5.57. The van der Waals surface area contributed by atoms with Crippen LogP contribution in [0.25, 0.3) is 0 Å². The maximum absolute atomic E-state index is 12.9. The number of benzene rings is 2. The minimum Gasteiger partial charge on any atom is -0.486 e. The van der Waals surface area contributed by atoms with Gasteiger partial charge < -0.3 is 20.1 Å². The first kappa shape index (κ1) is 20.2. The number of urea groups is 1. The average Bonchev–Trinajstić information content (AvgIpc) is 2.96. The van der Waals surface area contributed by atoms with E-state index in [9.17, 15) is 14.4 Å². The van der Waals surface area contributed by atoms with Crippen molar-refractivity contribution in [3.63, 3.8) is 0 Å². The van der Waals surface area contributed by atoms with Crippen LogP contribution in [0.15, 0.2) is 53.0 Å². The number of rotatable bonds is 5. The fourth-order valence-corrected chi connectivity index (χ4v) is 3.83. The van der Waals surface area contributed by atoms with Crippen molar-refractivity contribution in [2.45, 2.75) is 18.6 Å². The van der Waals surface area contributed by atoms with E-state index in [0.717, 1.165) is 9.37 Å². The van der Waals surface area contributed by atoms with Crippen LogP contribution in [0.4, 0.5) is 4.79 Å². The molecule has 156 valence electrons. The van der Waals surface area contributed by atoms with Crippen molar-refractivity contribution in [2.75, 3.05) is 19.7 Å². The molecule has 2 aromatic rings. The maximum atomic E-state index is 12.9. The summed E-state index contributed by atoms with van der Waals surface area (Å²) in [4.78, 5) is 38.6. The first-order chi connectivity index (χ1) is 14.4. The number of hydrogen-bond donors (Lipinski definition) is 2. The predicted octanol–water partition coefficient (Wildman–Crippen LogP) is 2.17. The number of hydrogen-bond acceptors (Lipinski definition) is 5. The molecule has 8 nitrogen and oxygen atoms in total. The summed E-state index contributed by atoms with van der Waals surface area (Å²) in [6, 6.07) is 13.8. The Bertz CT molecular complexity index is 1010. The van der Waals surface area contributed by atoms with Gasteiger partial charge in [0.1, 0.15) is 24.8 Å².